The zero-order valence-electron chi connectivity index (χ0n) is 44.3. The molecule has 70 heavy (non-hydrogen) atoms. The first kappa shape index (κ1) is 66.1. The second-order valence-corrected chi connectivity index (χ2v) is 20.6. The van der Waals surface area contributed by atoms with Gasteiger partial charge in [-0.25, -0.2) is 4.18 Å². The van der Waals surface area contributed by atoms with Crippen molar-refractivity contribution in [3.05, 3.63) is 48.6 Å². The first-order valence-corrected chi connectivity index (χ1v) is 29.8. The predicted molar refractivity (Wildman–Crippen MR) is 285 cm³/mol. The van der Waals surface area contributed by atoms with E-state index in [-0.39, 0.29) is 19.6 Å². The van der Waals surface area contributed by atoms with Crippen LogP contribution in [0, 0.1) is 0 Å². The molecular weight excluding hydrogens is 909 g/mol. The number of carbonyl (C=O) groups excluding carboxylic acids is 1. The van der Waals surface area contributed by atoms with Crippen molar-refractivity contribution in [3.63, 3.8) is 0 Å². The fraction of sp³-hybridized carbons (Fsp3) is 0.842. The largest absolute Gasteiger partial charge is 0.457 e. The van der Waals surface area contributed by atoms with Crippen LogP contribution in [0.15, 0.2) is 48.6 Å². The van der Waals surface area contributed by atoms with Crippen molar-refractivity contribution < 1.29 is 56.2 Å². The van der Waals surface area contributed by atoms with Crippen molar-refractivity contribution in [1.82, 2.24) is 0 Å². The predicted octanol–water partition coefficient (Wildman–Crippen LogP) is 13.9. The number of hydrogen-bond acceptors (Lipinski definition) is 11. The molecule has 0 bridgehead atoms. The lowest BCUT2D eigenvalue weighted by Crippen LogP contribution is -2.60. The summed E-state index contributed by atoms with van der Waals surface area (Å²) < 4.78 is 59.4. The molecule has 6 unspecified atom stereocenters. The van der Waals surface area contributed by atoms with Crippen LogP contribution in [0.4, 0.5) is 0 Å². The number of unbranched alkanes of at least 4 members (excludes halogenated alkanes) is 29. The van der Waals surface area contributed by atoms with Gasteiger partial charge in [-0.15, -0.1) is 0 Å². The van der Waals surface area contributed by atoms with Gasteiger partial charge in [-0.3, -0.25) is 9.35 Å². The zero-order valence-corrected chi connectivity index (χ0v) is 45.1. The Hall–Kier alpha value is -1.94. The lowest BCUT2D eigenvalue weighted by molar-refractivity contribution is -0.301. The van der Waals surface area contributed by atoms with E-state index < -0.39 is 59.8 Å². The summed E-state index contributed by atoms with van der Waals surface area (Å²) in [6, 6.07) is 0. The Balaban J connectivity index is 2.31. The van der Waals surface area contributed by atoms with E-state index in [1.165, 1.54) is 148 Å². The average Bonchev–Trinajstić information content (AvgIpc) is 3.34. The molecule has 13 heteroatoms. The fourth-order valence-corrected chi connectivity index (χ4v) is 9.23. The van der Waals surface area contributed by atoms with Crippen LogP contribution in [0.5, 0.6) is 0 Å². The average molecular weight is 1010 g/mol. The van der Waals surface area contributed by atoms with Crippen LogP contribution in [0.1, 0.15) is 245 Å². The normalized spacial score (nSPS) is 19.4. The molecular formula is C57H104O12S. The molecule has 4 N–H and O–H groups in total. The number of aliphatic hydroxyl groups excluding tert-OH is 3. The first-order chi connectivity index (χ1) is 34.1. The summed E-state index contributed by atoms with van der Waals surface area (Å²) in [5.41, 5.74) is 0. The molecule has 0 spiro atoms. The van der Waals surface area contributed by atoms with Crippen LogP contribution in [0.3, 0.4) is 0 Å². The maximum atomic E-state index is 13.0. The molecule has 12 nitrogen and oxygen atoms in total. The highest BCUT2D eigenvalue weighted by Crippen LogP contribution is 2.26. The molecule has 410 valence electrons. The highest BCUT2D eigenvalue weighted by Gasteiger charge is 2.48. The third-order valence-electron chi connectivity index (χ3n) is 13.0. The zero-order chi connectivity index (χ0) is 51.0. The number of rotatable bonds is 50. The van der Waals surface area contributed by atoms with E-state index in [4.69, 9.17) is 18.9 Å². The number of hydrogen-bond donors (Lipinski definition) is 4. The number of allylic oxidation sites excluding steroid dienone is 8. The Morgan fingerprint density at radius 2 is 0.986 bits per heavy atom. The van der Waals surface area contributed by atoms with Gasteiger partial charge in [-0.05, 0) is 51.4 Å². The lowest BCUT2D eigenvalue weighted by Gasteiger charge is -2.41. The summed E-state index contributed by atoms with van der Waals surface area (Å²) in [5.74, 6) is -0.397. The third-order valence-corrected chi connectivity index (χ3v) is 13.4. The highest BCUT2D eigenvalue weighted by molar-refractivity contribution is 7.80. The van der Waals surface area contributed by atoms with Crippen molar-refractivity contribution in [2.75, 3.05) is 26.4 Å². The van der Waals surface area contributed by atoms with Crippen molar-refractivity contribution in [1.29, 1.82) is 0 Å². The van der Waals surface area contributed by atoms with Crippen molar-refractivity contribution in [3.8, 4) is 0 Å². The smallest absolute Gasteiger partial charge is 0.397 e. The van der Waals surface area contributed by atoms with Crippen LogP contribution in [0.25, 0.3) is 0 Å². The van der Waals surface area contributed by atoms with Gasteiger partial charge in [0.2, 0.25) is 0 Å². The number of esters is 1. The van der Waals surface area contributed by atoms with Crippen LogP contribution in [-0.2, 0) is 38.3 Å². The second kappa shape index (κ2) is 48.0. The quantitative estimate of drug-likeness (QED) is 0.0196. The van der Waals surface area contributed by atoms with Gasteiger partial charge in [0.15, 0.2) is 6.29 Å². The Morgan fingerprint density at radius 1 is 0.557 bits per heavy atom. The van der Waals surface area contributed by atoms with E-state index in [1.807, 2.05) is 0 Å². The van der Waals surface area contributed by atoms with E-state index in [0.717, 1.165) is 70.6 Å². The van der Waals surface area contributed by atoms with Gasteiger partial charge in [-0.1, -0.05) is 236 Å². The molecule has 1 rings (SSSR count). The van der Waals surface area contributed by atoms with Gasteiger partial charge in [-0.2, -0.15) is 8.42 Å². The van der Waals surface area contributed by atoms with E-state index in [2.05, 4.69) is 66.6 Å². The summed E-state index contributed by atoms with van der Waals surface area (Å²) in [6.07, 6.45) is 51.4. The molecule has 6 atom stereocenters. The topological polar surface area (TPSA) is 178 Å². The number of carbonyl (C=O) groups is 1. The molecule has 0 aliphatic carbocycles. The second-order valence-electron chi connectivity index (χ2n) is 19.5. The lowest BCUT2D eigenvalue weighted by atomic mass is 9.99. The van der Waals surface area contributed by atoms with Crippen LogP contribution >= 0.6 is 0 Å². The summed E-state index contributed by atoms with van der Waals surface area (Å²) >= 11 is 0. The summed E-state index contributed by atoms with van der Waals surface area (Å²) in [4.78, 5) is 13.0. The molecule has 1 fully saturated rings. The van der Waals surface area contributed by atoms with Gasteiger partial charge >= 0.3 is 16.4 Å². The standard InChI is InChI=1S/C57H104O12S/c1-3-5-7-9-11-13-15-17-19-21-23-25-27-29-31-33-35-37-39-41-43-45-47-65-49-51(50-66-57-55(61)56(69-70(62,63)64)54(60)52(48-58)68-57)67-53(59)46-44-42-40-38-36-34-32-30-28-26-24-22-20-18-16-14-12-10-8-6-4-2/h5,7,11,13,17,19,23,25,51-52,54-58,60-61H,3-4,6,8-10,12,14-16,18,20-22,24,26-50H2,1-2H3,(H,62,63,64)/b7-5-,13-11-,19-17-,25-23-. The SMILES string of the molecule is CC/C=C\C/C=C\C/C=C\C/C=C\CCCCCCCCCCCOCC(COC1OC(CO)C(O)C(OS(=O)(=O)O)C1O)OC(=O)CCCCCCCCCCCCCCCCCCCCCCC. The molecule has 0 aromatic rings. The van der Waals surface area contributed by atoms with E-state index >= 15 is 0 Å². The molecule has 1 saturated heterocycles. The van der Waals surface area contributed by atoms with Crippen molar-refractivity contribution in [2.24, 2.45) is 0 Å². The van der Waals surface area contributed by atoms with Crippen molar-refractivity contribution >= 4 is 16.4 Å². The highest BCUT2D eigenvalue weighted by atomic mass is 32.3. The Kier molecular flexibility index (Phi) is 45.3. The van der Waals surface area contributed by atoms with Crippen LogP contribution in [0.2, 0.25) is 0 Å². The van der Waals surface area contributed by atoms with Crippen LogP contribution in [-0.4, -0.2) is 97.5 Å². The molecule has 0 radical (unpaired) electrons. The Bertz CT molecular complexity index is 1400. The van der Waals surface area contributed by atoms with Crippen LogP contribution < -0.4 is 0 Å². The van der Waals surface area contributed by atoms with E-state index in [1.54, 1.807) is 0 Å². The van der Waals surface area contributed by atoms with E-state index in [9.17, 15) is 33.1 Å². The summed E-state index contributed by atoms with van der Waals surface area (Å²) in [5, 5.41) is 30.8. The summed E-state index contributed by atoms with van der Waals surface area (Å²) in [6.45, 7) is 3.91. The van der Waals surface area contributed by atoms with Gasteiger partial charge in [0.1, 0.15) is 30.5 Å². The molecule has 1 aliphatic heterocycles. The maximum Gasteiger partial charge on any atom is 0.397 e. The third kappa shape index (κ3) is 40.5. The summed E-state index contributed by atoms with van der Waals surface area (Å²) in [7, 11) is -5.07. The van der Waals surface area contributed by atoms with Gasteiger partial charge in [0, 0.05) is 13.0 Å². The first-order valence-electron chi connectivity index (χ1n) is 28.4. The molecule has 0 saturated carbocycles. The Morgan fingerprint density at radius 3 is 1.44 bits per heavy atom. The molecule has 0 aromatic heterocycles. The minimum atomic E-state index is -5.07. The molecule has 1 heterocycles. The molecule has 0 amide bonds. The number of ether oxygens (including phenoxy) is 4. The Labute approximate surface area is 427 Å². The van der Waals surface area contributed by atoms with Gasteiger partial charge in [0.25, 0.3) is 0 Å². The molecule has 1 aliphatic rings. The monoisotopic (exact) mass is 1010 g/mol. The van der Waals surface area contributed by atoms with Gasteiger partial charge < -0.3 is 34.3 Å². The maximum absolute atomic E-state index is 13.0. The van der Waals surface area contributed by atoms with E-state index in [0.29, 0.717) is 13.0 Å². The van der Waals surface area contributed by atoms with Gasteiger partial charge in [0.05, 0.1) is 19.8 Å². The fourth-order valence-electron chi connectivity index (χ4n) is 8.73. The van der Waals surface area contributed by atoms with Crippen molar-refractivity contribution in [2.45, 2.75) is 282 Å². The molecule has 0 aromatic carbocycles. The minimum absolute atomic E-state index is 0.0335. The number of aliphatic hydroxyl groups is 3. The minimum Gasteiger partial charge on any atom is -0.457 e.